The summed E-state index contributed by atoms with van der Waals surface area (Å²) >= 11 is 0. The predicted octanol–water partition coefficient (Wildman–Crippen LogP) is 0.798. The van der Waals surface area contributed by atoms with Crippen LogP contribution in [-0.4, -0.2) is 44.5 Å². The Morgan fingerprint density at radius 2 is 2.04 bits per heavy atom. The molecule has 0 bridgehead atoms. The van der Waals surface area contributed by atoms with Crippen LogP contribution >= 0.6 is 0 Å². The van der Waals surface area contributed by atoms with Crippen LogP contribution in [0.5, 0.6) is 0 Å². The quantitative estimate of drug-likeness (QED) is 0.761. The van der Waals surface area contributed by atoms with Crippen molar-refractivity contribution in [1.82, 2.24) is 20.2 Å². The molecular weight excluding hydrogens is 362 g/mol. The number of carbonyl (C=O) groups excluding carboxylic acids is 4. The smallest absolute Gasteiger partial charge is 0.275 e. The molecule has 2 aliphatic rings. The number of aryl methyl sites for hydroxylation is 1. The molecule has 1 unspecified atom stereocenters. The van der Waals surface area contributed by atoms with Crippen LogP contribution in [0, 0.1) is 6.92 Å². The Bertz CT molecular complexity index is 1000. The summed E-state index contributed by atoms with van der Waals surface area (Å²) in [6.07, 6.45) is 3.35. The highest BCUT2D eigenvalue weighted by Crippen LogP contribution is 2.32. The number of hydrogen-bond donors (Lipinski definition) is 2. The Labute approximate surface area is 160 Å². The van der Waals surface area contributed by atoms with Gasteiger partial charge >= 0.3 is 0 Å². The van der Waals surface area contributed by atoms with E-state index < -0.39 is 17.9 Å². The minimum Gasteiger partial charge on any atom is -0.322 e. The third-order valence-electron chi connectivity index (χ3n) is 4.84. The Morgan fingerprint density at radius 3 is 2.75 bits per heavy atom. The third-order valence-corrected chi connectivity index (χ3v) is 4.84. The molecule has 2 N–H and O–H groups in total. The molecule has 1 aromatic carbocycles. The number of carbonyl (C=O) groups is 4. The summed E-state index contributed by atoms with van der Waals surface area (Å²) in [6, 6.07) is 4.31. The number of nitrogens with one attached hydrogen (secondary N) is 2. The van der Waals surface area contributed by atoms with Crippen LogP contribution in [0.3, 0.4) is 0 Å². The number of aromatic nitrogens is 2. The van der Waals surface area contributed by atoms with E-state index in [1.54, 1.807) is 25.1 Å². The van der Waals surface area contributed by atoms with Gasteiger partial charge < -0.3 is 10.2 Å². The molecule has 0 radical (unpaired) electrons. The average Bonchev–Trinajstić information content (AvgIpc) is 3.00. The predicted molar refractivity (Wildman–Crippen MR) is 97.2 cm³/mol. The van der Waals surface area contributed by atoms with Gasteiger partial charge in [0.15, 0.2) is 0 Å². The molecule has 4 amide bonds. The summed E-state index contributed by atoms with van der Waals surface area (Å²) in [4.78, 5) is 58.3. The van der Waals surface area contributed by atoms with Gasteiger partial charge in [-0.05, 0) is 25.5 Å². The molecule has 1 aromatic heterocycles. The molecule has 1 atom stereocenters. The second-order valence-corrected chi connectivity index (χ2v) is 6.73. The first kappa shape index (κ1) is 17.8. The number of rotatable bonds is 3. The fourth-order valence-electron chi connectivity index (χ4n) is 3.40. The van der Waals surface area contributed by atoms with Crippen molar-refractivity contribution in [3.05, 3.63) is 53.1 Å². The highest BCUT2D eigenvalue weighted by atomic mass is 16.2. The van der Waals surface area contributed by atoms with Crippen LogP contribution in [-0.2, 0) is 16.1 Å². The summed E-state index contributed by atoms with van der Waals surface area (Å²) in [7, 11) is 0. The molecule has 2 aliphatic heterocycles. The highest BCUT2D eigenvalue weighted by Gasteiger charge is 2.39. The van der Waals surface area contributed by atoms with Gasteiger partial charge in [0.2, 0.25) is 11.8 Å². The molecule has 1 saturated heterocycles. The van der Waals surface area contributed by atoms with E-state index in [0.717, 1.165) is 0 Å². The number of benzene rings is 1. The van der Waals surface area contributed by atoms with Crippen LogP contribution in [0.15, 0.2) is 30.6 Å². The standard InChI is InChI=1S/C19H17N5O4/c1-10-7-21-14(8-20-10)17(26)22-13-4-2-3-11-12(13)9-24(19(11)28)15-5-6-16(25)23-18(15)27/h2-4,7-8,15H,5-6,9H2,1H3,(H,22,26)(H,23,25,27). The monoisotopic (exact) mass is 379 g/mol. The number of anilines is 1. The highest BCUT2D eigenvalue weighted by molar-refractivity contribution is 6.08. The van der Waals surface area contributed by atoms with Crippen LogP contribution < -0.4 is 10.6 Å². The summed E-state index contributed by atoms with van der Waals surface area (Å²) < 4.78 is 0. The molecule has 9 nitrogen and oxygen atoms in total. The first-order valence-corrected chi connectivity index (χ1v) is 8.80. The fraction of sp³-hybridized carbons (Fsp3) is 0.263. The molecule has 28 heavy (non-hydrogen) atoms. The van der Waals surface area contributed by atoms with E-state index in [1.165, 1.54) is 17.3 Å². The number of nitrogens with zero attached hydrogens (tertiary/aromatic N) is 3. The first-order chi connectivity index (χ1) is 13.4. The lowest BCUT2D eigenvalue weighted by Crippen LogP contribution is -2.52. The number of imide groups is 1. The maximum atomic E-state index is 12.8. The number of piperidine rings is 1. The number of fused-ring (bicyclic) bond motifs is 1. The molecule has 3 heterocycles. The van der Waals surface area contributed by atoms with Crippen LogP contribution in [0.4, 0.5) is 5.69 Å². The largest absolute Gasteiger partial charge is 0.322 e. The summed E-state index contributed by atoms with van der Waals surface area (Å²) in [5.74, 6) is -1.54. The van der Waals surface area contributed by atoms with Crippen molar-refractivity contribution in [1.29, 1.82) is 0 Å². The van der Waals surface area contributed by atoms with Crippen LogP contribution in [0.1, 0.15) is 44.9 Å². The fourth-order valence-corrected chi connectivity index (χ4v) is 3.40. The zero-order valence-electron chi connectivity index (χ0n) is 15.1. The lowest BCUT2D eigenvalue weighted by Gasteiger charge is -2.29. The van der Waals surface area contributed by atoms with Gasteiger partial charge in [0.25, 0.3) is 11.8 Å². The van der Waals surface area contributed by atoms with Crippen molar-refractivity contribution in [2.75, 3.05) is 5.32 Å². The summed E-state index contributed by atoms with van der Waals surface area (Å²) in [6.45, 7) is 1.95. The molecule has 4 rings (SSSR count). The SMILES string of the molecule is Cc1cnc(C(=O)Nc2cccc3c2CN(C2CCC(=O)NC2=O)C3=O)cn1. The van der Waals surface area contributed by atoms with Gasteiger partial charge in [-0.2, -0.15) is 0 Å². The average molecular weight is 379 g/mol. The van der Waals surface area contributed by atoms with Crippen molar-refractivity contribution in [2.45, 2.75) is 32.4 Å². The van der Waals surface area contributed by atoms with E-state index in [4.69, 9.17) is 0 Å². The maximum absolute atomic E-state index is 12.8. The molecule has 2 aromatic rings. The second kappa shape index (κ2) is 6.84. The van der Waals surface area contributed by atoms with Gasteiger partial charge in [-0.1, -0.05) is 6.07 Å². The zero-order chi connectivity index (χ0) is 19.8. The molecule has 1 fully saturated rings. The van der Waals surface area contributed by atoms with Gasteiger partial charge in [-0.25, -0.2) is 4.98 Å². The summed E-state index contributed by atoms with van der Waals surface area (Å²) in [5.41, 5.74) is 2.40. The normalized spacial score (nSPS) is 18.7. The Hall–Kier alpha value is -3.62. The summed E-state index contributed by atoms with van der Waals surface area (Å²) in [5, 5.41) is 5.04. The third kappa shape index (κ3) is 3.11. The molecular formula is C19H17N5O4. The van der Waals surface area contributed by atoms with Gasteiger partial charge in [0.1, 0.15) is 11.7 Å². The van der Waals surface area contributed by atoms with E-state index in [1.807, 2.05) is 0 Å². The topological polar surface area (TPSA) is 121 Å². The molecule has 142 valence electrons. The van der Waals surface area contributed by atoms with E-state index in [-0.39, 0.29) is 36.9 Å². The van der Waals surface area contributed by atoms with Gasteiger partial charge in [0.05, 0.1) is 11.9 Å². The Balaban J connectivity index is 1.57. The van der Waals surface area contributed by atoms with Crippen molar-refractivity contribution in [3.63, 3.8) is 0 Å². The second-order valence-electron chi connectivity index (χ2n) is 6.73. The molecule has 0 spiro atoms. The van der Waals surface area contributed by atoms with Crippen molar-refractivity contribution < 1.29 is 19.2 Å². The van der Waals surface area contributed by atoms with E-state index in [0.29, 0.717) is 22.5 Å². The van der Waals surface area contributed by atoms with E-state index in [9.17, 15) is 19.2 Å². The number of hydrogen-bond acceptors (Lipinski definition) is 6. The minimum absolute atomic E-state index is 0.162. The first-order valence-electron chi connectivity index (χ1n) is 8.80. The Morgan fingerprint density at radius 1 is 1.21 bits per heavy atom. The van der Waals surface area contributed by atoms with E-state index >= 15 is 0 Å². The van der Waals surface area contributed by atoms with Crippen molar-refractivity contribution in [2.24, 2.45) is 0 Å². The minimum atomic E-state index is -0.705. The van der Waals surface area contributed by atoms with Gasteiger partial charge in [-0.15, -0.1) is 0 Å². The van der Waals surface area contributed by atoms with Gasteiger partial charge in [0, 0.05) is 36.0 Å². The maximum Gasteiger partial charge on any atom is 0.275 e. The Kier molecular flexibility index (Phi) is 4.34. The molecule has 0 aliphatic carbocycles. The zero-order valence-corrected chi connectivity index (χ0v) is 15.1. The number of amides is 4. The van der Waals surface area contributed by atoms with Crippen LogP contribution in [0.2, 0.25) is 0 Å². The lowest BCUT2D eigenvalue weighted by atomic mass is 10.0. The van der Waals surface area contributed by atoms with Crippen LogP contribution in [0.25, 0.3) is 0 Å². The lowest BCUT2D eigenvalue weighted by molar-refractivity contribution is -0.136. The van der Waals surface area contributed by atoms with E-state index in [2.05, 4.69) is 20.6 Å². The van der Waals surface area contributed by atoms with Crippen molar-refractivity contribution >= 4 is 29.3 Å². The van der Waals surface area contributed by atoms with Gasteiger partial charge in [-0.3, -0.25) is 29.5 Å². The van der Waals surface area contributed by atoms with Crippen molar-refractivity contribution in [3.8, 4) is 0 Å². The molecule has 9 heteroatoms. The molecule has 0 saturated carbocycles.